The van der Waals surface area contributed by atoms with Crippen molar-refractivity contribution in [1.82, 2.24) is 10.2 Å². The summed E-state index contributed by atoms with van der Waals surface area (Å²) < 4.78 is 5.48. The second kappa shape index (κ2) is 4.78. The molecule has 106 valence electrons. The zero-order valence-corrected chi connectivity index (χ0v) is 11.5. The highest BCUT2D eigenvalue weighted by molar-refractivity contribution is 5.81. The first kappa shape index (κ1) is 12.9. The Hall–Kier alpha value is -1.10. The predicted octanol–water partition coefficient (Wildman–Crippen LogP) is 0.540. The van der Waals surface area contributed by atoms with E-state index in [0.29, 0.717) is 13.0 Å². The van der Waals surface area contributed by atoms with Gasteiger partial charge < -0.3 is 15.0 Å². The van der Waals surface area contributed by atoms with E-state index < -0.39 is 0 Å². The normalized spacial score (nSPS) is 33.7. The molecule has 19 heavy (non-hydrogen) atoms. The summed E-state index contributed by atoms with van der Waals surface area (Å²) >= 11 is 0. The Morgan fingerprint density at radius 3 is 2.68 bits per heavy atom. The van der Waals surface area contributed by atoms with Crippen LogP contribution in [0.2, 0.25) is 0 Å². The van der Waals surface area contributed by atoms with E-state index in [1.807, 2.05) is 11.8 Å². The lowest BCUT2D eigenvalue weighted by Gasteiger charge is -2.39. The fraction of sp³-hybridized carbons (Fsp3) is 0.857. The number of likely N-dealkylation sites (tertiary alicyclic amines) is 1. The zero-order valence-electron chi connectivity index (χ0n) is 11.5. The minimum absolute atomic E-state index is 0.0392. The first-order chi connectivity index (χ1) is 9.10. The maximum absolute atomic E-state index is 12.4. The largest absolute Gasteiger partial charge is 0.378 e. The number of hydrogen-bond donors (Lipinski definition) is 1. The molecule has 2 atom stereocenters. The minimum atomic E-state index is 0.0392. The molecule has 3 aliphatic heterocycles. The van der Waals surface area contributed by atoms with Gasteiger partial charge in [0.2, 0.25) is 11.8 Å². The zero-order chi connectivity index (χ0) is 13.5. The van der Waals surface area contributed by atoms with Gasteiger partial charge in [-0.05, 0) is 31.6 Å². The topological polar surface area (TPSA) is 58.6 Å². The van der Waals surface area contributed by atoms with Gasteiger partial charge in [0.25, 0.3) is 0 Å². The molecule has 3 fully saturated rings. The van der Waals surface area contributed by atoms with Crippen LogP contribution in [0, 0.1) is 11.3 Å². The molecular formula is C14H22N2O3. The van der Waals surface area contributed by atoms with Crippen molar-refractivity contribution in [3.8, 4) is 0 Å². The highest BCUT2D eigenvalue weighted by atomic mass is 16.5. The van der Waals surface area contributed by atoms with Gasteiger partial charge in [-0.1, -0.05) is 0 Å². The lowest BCUT2D eigenvalue weighted by atomic mass is 9.77. The number of nitrogens with zero attached hydrogens (tertiary/aromatic N) is 1. The SMILES string of the molecule is CC1OCCC1C(=O)N1CCC2(CC1)CNC(=O)C2. The van der Waals surface area contributed by atoms with E-state index in [1.165, 1.54) is 0 Å². The van der Waals surface area contributed by atoms with Gasteiger partial charge in [0, 0.05) is 32.7 Å². The molecule has 0 bridgehead atoms. The molecule has 3 aliphatic rings. The number of rotatable bonds is 1. The molecule has 0 aliphatic carbocycles. The van der Waals surface area contributed by atoms with Gasteiger partial charge in [-0.25, -0.2) is 0 Å². The highest BCUT2D eigenvalue weighted by Crippen LogP contribution is 2.38. The Bertz CT molecular complexity index is 388. The number of carbonyl (C=O) groups excluding carboxylic acids is 2. The van der Waals surface area contributed by atoms with Gasteiger partial charge in [-0.2, -0.15) is 0 Å². The van der Waals surface area contributed by atoms with E-state index >= 15 is 0 Å². The van der Waals surface area contributed by atoms with Gasteiger partial charge in [0.1, 0.15) is 0 Å². The van der Waals surface area contributed by atoms with Crippen LogP contribution in [0.15, 0.2) is 0 Å². The molecule has 3 saturated heterocycles. The molecular weight excluding hydrogens is 244 g/mol. The Kier molecular flexibility index (Phi) is 3.25. The van der Waals surface area contributed by atoms with Gasteiger partial charge in [-0.3, -0.25) is 9.59 Å². The van der Waals surface area contributed by atoms with Gasteiger partial charge in [0.15, 0.2) is 0 Å². The number of carbonyl (C=O) groups is 2. The molecule has 1 N–H and O–H groups in total. The summed E-state index contributed by atoms with van der Waals surface area (Å²) in [5.74, 6) is 0.451. The Balaban J connectivity index is 1.58. The summed E-state index contributed by atoms with van der Waals surface area (Å²) in [7, 11) is 0. The van der Waals surface area contributed by atoms with Gasteiger partial charge >= 0.3 is 0 Å². The summed E-state index contributed by atoms with van der Waals surface area (Å²) in [5, 5.41) is 2.92. The van der Waals surface area contributed by atoms with E-state index in [0.717, 1.165) is 38.9 Å². The third kappa shape index (κ3) is 2.36. The van der Waals surface area contributed by atoms with E-state index in [4.69, 9.17) is 4.74 Å². The van der Waals surface area contributed by atoms with Gasteiger partial charge in [0.05, 0.1) is 12.0 Å². The molecule has 3 heterocycles. The van der Waals surface area contributed by atoms with Crippen molar-refractivity contribution in [2.75, 3.05) is 26.2 Å². The maximum Gasteiger partial charge on any atom is 0.228 e. The maximum atomic E-state index is 12.4. The molecule has 0 radical (unpaired) electrons. The van der Waals surface area contributed by atoms with Crippen LogP contribution in [-0.4, -0.2) is 49.1 Å². The predicted molar refractivity (Wildman–Crippen MR) is 69.4 cm³/mol. The van der Waals surface area contributed by atoms with E-state index in [1.54, 1.807) is 0 Å². The first-order valence-corrected chi connectivity index (χ1v) is 7.27. The van der Waals surface area contributed by atoms with Crippen LogP contribution in [0.5, 0.6) is 0 Å². The lowest BCUT2D eigenvalue weighted by Crippen LogP contribution is -2.47. The van der Waals surface area contributed by atoms with Crippen LogP contribution in [0.1, 0.15) is 32.6 Å². The average Bonchev–Trinajstić information content (AvgIpc) is 2.97. The standard InChI is InChI=1S/C14H22N2O3/c1-10-11(2-7-19-10)13(18)16-5-3-14(4-6-16)8-12(17)15-9-14/h10-11H,2-9H2,1H3,(H,15,17). The summed E-state index contributed by atoms with van der Waals surface area (Å²) in [6.07, 6.45) is 3.43. The van der Waals surface area contributed by atoms with Crippen molar-refractivity contribution in [1.29, 1.82) is 0 Å². The van der Waals surface area contributed by atoms with Crippen molar-refractivity contribution in [3.63, 3.8) is 0 Å². The molecule has 0 aromatic heterocycles. The van der Waals surface area contributed by atoms with Crippen molar-refractivity contribution in [2.45, 2.75) is 38.7 Å². The Labute approximate surface area is 113 Å². The molecule has 1 spiro atoms. The number of ether oxygens (including phenoxy) is 1. The van der Waals surface area contributed by atoms with Crippen LogP contribution in [0.4, 0.5) is 0 Å². The average molecular weight is 266 g/mol. The van der Waals surface area contributed by atoms with Crippen LogP contribution in [-0.2, 0) is 14.3 Å². The van der Waals surface area contributed by atoms with Crippen LogP contribution in [0.25, 0.3) is 0 Å². The van der Waals surface area contributed by atoms with Crippen LogP contribution >= 0.6 is 0 Å². The summed E-state index contributed by atoms with van der Waals surface area (Å²) in [4.78, 5) is 25.8. The van der Waals surface area contributed by atoms with E-state index in [9.17, 15) is 9.59 Å². The summed E-state index contributed by atoms with van der Waals surface area (Å²) in [5.41, 5.74) is 0.117. The molecule has 5 heteroatoms. The fourth-order valence-electron chi connectivity index (χ4n) is 3.60. The molecule has 2 amide bonds. The fourth-order valence-corrected chi connectivity index (χ4v) is 3.60. The molecule has 0 saturated carbocycles. The molecule has 2 unspecified atom stereocenters. The van der Waals surface area contributed by atoms with Crippen molar-refractivity contribution < 1.29 is 14.3 Å². The van der Waals surface area contributed by atoms with Crippen LogP contribution in [0.3, 0.4) is 0 Å². The monoisotopic (exact) mass is 266 g/mol. The quantitative estimate of drug-likeness (QED) is 0.753. The van der Waals surface area contributed by atoms with E-state index in [-0.39, 0.29) is 29.3 Å². The van der Waals surface area contributed by atoms with E-state index in [2.05, 4.69) is 5.32 Å². The van der Waals surface area contributed by atoms with Crippen molar-refractivity contribution in [3.05, 3.63) is 0 Å². The molecule has 0 aromatic rings. The van der Waals surface area contributed by atoms with Crippen molar-refractivity contribution in [2.24, 2.45) is 11.3 Å². The molecule has 5 nitrogen and oxygen atoms in total. The smallest absolute Gasteiger partial charge is 0.228 e. The lowest BCUT2D eigenvalue weighted by molar-refractivity contribution is -0.139. The van der Waals surface area contributed by atoms with Gasteiger partial charge in [-0.15, -0.1) is 0 Å². The minimum Gasteiger partial charge on any atom is -0.378 e. The summed E-state index contributed by atoms with van der Waals surface area (Å²) in [6, 6.07) is 0. The van der Waals surface area contributed by atoms with Crippen LogP contribution < -0.4 is 5.32 Å². The second-order valence-corrected chi connectivity index (χ2v) is 6.25. The molecule has 3 rings (SSSR count). The highest BCUT2D eigenvalue weighted by Gasteiger charge is 2.43. The Morgan fingerprint density at radius 2 is 2.16 bits per heavy atom. The number of hydrogen-bond acceptors (Lipinski definition) is 3. The second-order valence-electron chi connectivity index (χ2n) is 6.25. The van der Waals surface area contributed by atoms with Crippen molar-refractivity contribution >= 4 is 11.8 Å². The number of nitrogens with one attached hydrogen (secondary N) is 1. The Morgan fingerprint density at radius 1 is 1.42 bits per heavy atom. The summed E-state index contributed by atoms with van der Waals surface area (Å²) in [6.45, 7) is 5.05. The molecule has 0 aromatic carbocycles. The number of amides is 2. The third-order valence-electron chi connectivity index (χ3n) is 5.03. The first-order valence-electron chi connectivity index (χ1n) is 7.27. The number of piperidine rings is 1. The third-order valence-corrected chi connectivity index (χ3v) is 5.03.